The molecule has 1 aromatic rings. The molecule has 2 fully saturated rings. The average Bonchev–Trinajstić information content (AvgIpc) is 2.93. The van der Waals surface area contributed by atoms with Crippen LogP contribution in [0.2, 0.25) is 0 Å². The number of hydrogen-bond acceptors (Lipinski definition) is 4. The van der Waals surface area contributed by atoms with E-state index in [1.165, 1.54) is 0 Å². The Bertz CT molecular complexity index is 521. The van der Waals surface area contributed by atoms with Crippen LogP contribution >= 0.6 is 0 Å². The molecule has 5 nitrogen and oxygen atoms in total. The van der Waals surface area contributed by atoms with Crippen molar-refractivity contribution in [3.63, 3.8) is 0 Å². The van der Waals surface area contributed by atoms with Gasteiger partial charge in [0, 0.05) is 20.2 Å². The minimum atomic E-state index is 0.0888. The number of ether oxygens (including phenoxy) is 2. The predicted octanol–water partition coefficient (Wildman–Crippen LogP) is 1.78. The number of amides is 1. The van der Waals surface area contributed by atoms with Crippen molar-refractivity contribution in [3.8, 4) is 5.75 Å². The third kappa shape index (κ3) is 3.85. The number of carbonyl (C=O) groups is 1. The van der Waals surface area contributed by atoms with Gasteiger partial charge in [0.2, 0.25) is 0 Å². The molecule has 3 rings (SSSR count). The van der Waals surface area contributed by atoms with Crippen molar-refractivity contribution >= 4 is 5.91 Å². The molecule has 0 spiro atoms. The number of likely N-dealkylation sites (tertiary alicyclic amines) is 1. The molecule has 0 aromatic heterocycles. The maximum atomic E-state index is 12.9. The smallest absolute Gasteiger partial charge is 0.257 e. The Labute approximate surface area is 137 Å². The second-order valence-corrected chi connectivity index (χ2v) is 6.39. The number of rotatable bonds is 5. The second-order valence-electron chi connectivity index (χ2n) is 6.39. The first-order valence-electron chi connectivity index (χ1n) is 8.50. The molecule has 23 heavy (non-hydrogen) atoms. The van der Waals surface area contributed by atoms with Crippen LogP contribution in [0.4, 0.5) is 0 Å². The first-order valence-corrected chi connectivity index (χ1v) is 8.50. The summed E-state index contributed by atoms with van der Waals surface area (Å²) < 4.78 is 10.7. The molecule has 0 aliphatic carbocycles. The number of benzene rings is 1. The lowest BCUT2D eigenvalue weighted by Crippen LogP contribution is -2.33. The molecule has 0 unspecified atom stereocenters. The Kier molecular flexibility index (Phi) is 5.51. The highest BCUT2D eigenvalue weighted by atomic mass is 16.5. The molecule has 1 amide bonds. The van der Waals surface area contributed by atoms with Crippen molar-refractivity contribution in [1.82, 2.24) is 10.2 Å². The van der Waals surface area contributed by atoms with E-state index >= 15 is 0 Å². The van der Waals surface area contributed by atoms with Gasteiger partial charge in [-0.25, -0.2) is 0 Å². The number of nitrogens with one attached hydrogen (secondary N) is 1. The van der Waals surface area contributed by atoms with Crippen molar-refractivity contribution in [3.05, 3.63) is 29.8 Å². The van der Waals surface area contributed by atoms with Gasteiger partial charge in [-0.3, -0.25) is 4.79 Å². The highest BCUT2D eigenvalue weighted by Crippen LogP contribution is 2.28. The third-order valence-electron chi connectivity index (χ3n) is 4.97. The van der Waals surface area contributed by atoms with Gasteiger partial charge in [-0.1, -0.05) is 12.1 Å². The number of carbonyl (C=O) groups excluding carboxylic acids is 1. The summed E-state index contributed by atoms with van der Waals surface area (Å²) in [5, 5.41) is 3.47. The molecule has 2 aliphatic rings. The van der Waals surface area contributed by atoms with Crippen molar-refractivity contribution in [2.45, 2.75) is 12.8 Å². The van der Waals surface area contributed by atoms with Crippen molar-refractivity contribution in [1.29, 1.82) is 0 Å². The fraction of sp³-hybridized carbons (Fsp3) is 0.611. The van der Waals surface area contributed by atoms with Crippen LogP contribution in [-0.4, -0.2) is 57.3 Å². The maximum Gasteiger partial charge on any atom is 0.257 e. The summed E-state index contributed by atoms with van der Waals surface area (Å²) in [5.41, 5.74) is 0.661. The summed E-state index contributed by atoms with van der Waals surface area (Å²) in [6.07, 6.45) is 2.19. The summed E-state index contributed by atoms with van der Waals surface area (Å²) in [6, 6.07) is 7.52. The zero-order chi connectivity index (χ0) is 16.1. The van der Waals surface area contributed by atoms with E-state index in [-0.39, 0.29) is 5.91 Å². The van der Waals surface area contributed by atoms with Crippen molar-refractivity contribution < 1.29 is 14.3 Å². The Balaban J connectivity index is 1.67. The van der Waals surface area contributed by atoms with E-state index in [2.05, 4.69) is 5.32 Å². The van der Waals surface area contributed by atoms with E-state index in [9.17, 15) is 4.79 Å². The lowest BCUT2D eigenvalue weighted by Gasteiger charge is -2.22. The van der Waals surface area contributed by atoms with Gasteiger partial charge in [-0.2, -0.15) is 0 Å². The van der Waals surface area contributed by atoms with Gasteiger partial charge in [-0.15, -0.1) is 0 Å². The third-order valence-corrected chi connectivity index (χ3v) is 4.97. The van der Waals surface area contributed by atoms with Crippen LogP contribution in [0.25, 0.3) is 0 Å². The molecule has 1 aromatic carbocycles. The van der Waals surface area contributed by atoms with Crippen LogP contribution in [-0.2, 0) is 4.74 Å². The van der Waals surface area contributed by atoms with Crippen LogP contribution in [0.3, 0.4) is 0 Å². The van der Waals surface area contributed by atoms with Gasteiger partial charge < -0.3 is 19.7 Å². The normalized spacial score (nSPS) is 24.1. The number of nitrogens with zero attached hydrogens (tertiary/aromatic N) is 1. The molecule has 0 bridgehead atoms. The summed E-state index contributed by atoms with van der Waals surface area (Å²) in [5.74, 6) is 2.19. The molecule has 2 atom stereocenters. The number of para-hydroxylation sites is 1. The summed E-state index contributed by atoms with van der Waals surface area (Å²) in [6.45, 7) is 4.86. The molecule has 0 saturated carbocycles. The minimum absolute atomic E-state index is 0.0888. The van der Waals surface area contributed by atoms with Crippen LogP contribution in [0.1, 0.15) is 23.2 Å². The summed E-state index contributed by atoms with van der Waals surface area (Å²) in [4.78, 5) is 14.9. The van der Waals surface area contributed by atoms with Gasteiger partial charge in [0.15, 0.2) is 0 Å². The first kappa shape index (κ1) is 16.3. The van der Waals surface area contributed by atoms with Crippen molar-refractivity contribution in [2.75, 3.05) is 46.5 Å². The van der Waals surface area contributed by atoms with E-state index in [4.69, 9.17) is 9.47 Å². The van der Waals surface area contributed by atoms with Crippen LogP contribution in [0, 0.1) is 11.8 Å². The lowest BCUT2D eigenvalue weighted by atomic mass is 9.92. The van der Waals surface area contributed by atoms with Gasteiger partial charge in [0.25, 0.3) is 5.91 Å². The van der Waals surface area contributed by atoms with E-state index in [1.807, 2.05) is 29.2 Å². The van der Waals surface area contributed by atoms with Crippen LogP contribution in [0.15, 0.2) is 24.3 Å². The van der Waals surface area contributed by atoms with Gasteiger partial charge in [0.05, 0.1) is 12.2 Å². The SMILES string of the molecule is COCCOc1ccccc1C(=O)N1CC[C@@H]2CNC[C@@H]2CC1. The Morgan fingerprint density at radius 3 is 2.57 bits per heavy atom. The van der Waals surface area contributed by atoms with E-state index < -0.39 is 0 Å². The minimum Gasteiger partial charge on any atom is -0.490 e. The fourth-order valence-corrected chi connectivity index (χ4v) is 3.60. The molecular formula is C18H26N2O3. The topological polar surface area (TPSA) is 50.8 Å². The first-order chi connectivity index (χ1) is 11.3. The van der Waals surface area contributed by atoms with Gasteiger partial charge in [-0.05, 0) is 49.9 Å². The van der Waals surface area contributed by atoms with Gasteiger partial charge in [0.1, 0.15) is 12.4 Å². The summed E-state index contributed by atoms with van der Waals surface area (Å²) in [7, 11) is 1.64. The quantitative estimate of drug-likeness (QED) is 0.841. The number of fused-ring (bicyclic) bond motifs is 1. The highest BCUT2D eigenvalue weighted by Gasteiger charge is 2.32. The molecule has 2 saturated heterocycles. The van der Waals surface area contributed by atoms with Crippen LogP contribution in [0.5, 0.6) is 5.75 Å². The Morgan fingerprint density at radius 2 is 1.87 bits per heavy atom. The molecule has 1 N–H and O–H groups in total. The molecule has 126 valence electrons. The zero-order valence-corrected chi connectivity index (χ0v) is 13.8. The largest absolute Gasteiger partial charge is 0.490 e. The maximum absolute atomic E-state index is 12.9. The Morgan fingerprint density at radius 1 is 1.17 bits per heavy atom. The highest BCUT2D eigenvalue weighted by molar-refractivity contribution is 5.97. The van der Waals surface area contributed by atoms with Gasteiger partial charge >= 0.3 is 0 Å². The fourth-order valence-electron chi connectivity index (χ4n) is 3.60. The molecule has 0 radical (unpaired) electrons. The predicted molar refractivity (Wildman–Crippen MR) is 88.8 cm³/mol. The van der Waals surface area contributed by atoms with E-state index in [0.717, 1.165) is 50.9 Å². The van der Waals surface area contributed by atoms with E-state index in [0.29, 0.717) is 24.5 Å². The number of methoxy groups -OCH3 is 1. The molecule has 2 aliphatic heterocycles. The molecule has 5 heteroatoms. The monoisotopic (exact) mass is 318 g/mol. The van der Waals surface area contributed by atoms with E-state index in [1.54, 1.807) is 7.11 Å². The zero-order valence-electron chi connectivity index (χ0n) is 13.8. The average molecular weight is 318 g/mol. The Hall–Kier alpha value is -1.59. The molecular weight excluding hydrogens is 292 g/mol. The van der Waals surface area contributed by atoms with Crippen molar-refractivity contribution in [2.24, 2.45) is 11.8 Å². The molecule has 2 heterocycles. The second kappa shape index (κ2) is 7.79. The summed E-state index contributed by atoms with van der Waals surface area (Å²) >= 11 is 0. The van der Waals surface area contributed by atoms with Crippen LogP contribution < -0.4 is 10.1 Å². The standard InChI is InChI=1S/C18H26N2O3/c1-22-10-11-23-17-5-3-2-4-16(17)18(21)20-8-6-14-12-19-13-15(14)7-9-20/h2-5,14-15,19H,6-13H2,1H3/t14-,15+. The number of hydrogen-bond donors (Lipinski definition) is 1. The lowest BCUT2D eigenvalue weighted by molar-refractivity contribution is 0.0751.